The van der Waals surface area contributed by atoms with Gasteiger partial charge >= 0.3 is 6.18 Å². The Morgan fingerprint density at radius 2 is 1.88 bits per heavy atom. The molecule has 11 heteroatoms. The van der Waals surface area contributed by atoms with Crippen LogP contribution in [0.4, 0.5) is 19.0 Å². The second-order valence-electron chi connectivity index (χ2n) is 7.95. The van der Waals surface area contributed by atoms with Gasteiger partial charge in [0.05, 0.1) is 17.5 Å². The van der Waals surface area contributed by atoms with E-state index in [4.69, 9.17) is 10.7 Å². The molecule has 1 fully saturated rings. The molecule has 0 saturated carbocycles. The fourth-order valence-corrected chi connectivity index (χ4v) is 4.23. The molecule has 5 rings (SSSR count). The molecule has 0 radical (unpaired) electrons. The quantitative estimate of drug-likeness (QED) is 0.525. The van der Waals surface area contributed by atoms with Crippen molar-refractivity contribution in [3.05, 3.63) is 48.2 Å². The number of fused-ring (bicyclic) bond motifs is 1. The maximum Gasteiger partial charge on any atom is 0.416 e. The Kier molecular flexibility index (Phi) is 4.66. The van der Waals surface area contributed by atoms with E-state index in [0.29, 0.717) is 34.9 Å². The van der Waals surface area contributed by atoms with Crippen molar-refractivity contribution in [2.24, 2.45) is 12.8 Å². The molecule has 1 aromatic carbocycles. The molecule has 2 N–H and O–H groups in total. The number of halogens is 3. The van der Waals surface area contributed by atoms with E-state index < -0.39 is 11.7 Å². The van der Waals surface area contributed by atoms with E-state index in [0.717, 1.165) is 36.4 Å². The zero-order chi connectivity index (χ0) is 22.6. The van der Waals surface area contributed by atoms with Crippen LogP contribution in [0.2, 0.25) is 0 Å². The molecule has 1 atom stereocenters. The van der Waals surface area contributed by atoms with Crippen molar-refractivity contribution in [2.45, 2.75) is 25.6 Å². The molecule has 1 aliphatic heterocycles. The fraction of sp³-hybridized carbons (Fsp3) is 0.333. The lowest BCUT2D eigenvalue weighted by molar-refractivity contribution is -0.137. The van der Waals surface area contributed by atoms with Gasteiger partial charge in [0.1, 0.15) is 23.4 Å². The molecule has 0 amide bonds. The van der Waals surface area contributed by atoms with E-state index >= 15 is 0 Å². The second kappa shape index (κ2) is 7.30. The van der Waals surface area contributed by atoms with E-state index in [2.05, 4.69) is 20.1 Å². The number of imidazole rings is 1. The Bertz CT molecular complexity index is 1290. The van der Waals surface area contributed by atoms with Gasteiger partial charge in [0.2, 0.25) is 0 Å². The number of alkyl halides is 3. The summed E-state index contributed by atoms with van der Waals surface area (Å²) in [4.78, 5) is 11.4. The first kappa shape index (κ1) is 20.4. The number of aryl methyl sites for hydroxylation is 2. The van der Waals surface area contributed by atoms with Crippen molar-refractivity contribution >= 4 is 11.3 Å². The third-order valence-electron chi connectivity index (χ3n) is 5.78. The van der Waals surface area contributed by atoms with Gasteiger partial charge in [-0.3, -0.25) is 4.68 Å². The molecule has 0 spiro atoms. The van der Waals surface area contributed by atoms with Crippen molar-refractivity contribution in [2.75, 3.05) is 18.0 Å². The molecule has 1 aliphatic rings. The summed E-state index contributed by atoms with van der Waals surface area (Å²) < 4.78 is 42.4. The summed E-state index contributed by atoms with van der Waals surface area (Å²) in [6.07, 6.45) is -0.373. The van der Waals surface area contributed by atoms with Crippen LogP contribution in [0.25, 0.3) is 28.0 Å². The summed E-state index contributed by atoms with van der Waals surface area (Å²) >= 11 is 0. The molecular weight excluding hydrogens is 421 g/mol. The SMILES string of the molecule is Cc1nc(-c2cnn(C)c2-c2ccc(C(F)(F)F)cc2)c2c(N3CC[C@H](N)C3)ncnn12. The molecule has 4 aromatic rings. The summed E-state index contributed by atoms with van der Waals surface area (Å²) in [5.41, 5.74) is 8.71. The summed E-state index contributed by atoms with van der Waals surface area (Å²) in [7, 11) is 1.75. The minimum absolute atomic E-state index is 0.0681. The Labute approximate surface area is 181 Å². The first-order valence-electron chi connectivity index (χ1n) is 10.1. The number of aromatic nitrogens is 6. The van der Waals surface area contributed by atoms with E-state index in [-0.39, 0.29) is 6.04 Å². The van der Waals surface area contributed by atoms with Crippen molar-refractivity contribution in [1.29, 1.82) is 0 Å². The fourth-order valence-electron chi connectivity index (χ4n) is 4.23. The molecule has 0 aliphatic carbocycles. The van der Waals surface area contributed by atoms with Gasteiger partial charge < -0.3 is 10.6 Å². The van der Waals surface area contributed by atoms with Crippen molar-refractivity contribution in [1.82, 2.24) is 29.4 Å². The van der Waals surface area contributed by atoms with Crippen molar-refractivity contribution in [3.63, 3.8) is 0 Å². The van der Waals surface area contributed by atoms with E-state index in [1.165, 1.54) is 18.5 Å². The third kappa shape index (κ3) is 3.29. The number of anilines is 1. The number of hydrogen-bond acceptors (Lipinski definition) is 6. The molecule has 0 bridgehead atoms. The highest BCUT2D eigenvalue weighted by Gasteiger charge is 2.31. The first-order chi connectivity index (χ1) is 15.2. The monoisotopic (exact) mass is 442 g/mol. The van der Waals surface area contributed by atoms with Crippen LogP contribution in [-0.4, -0.2) is 48.5 Å². The number of rotatable bonds is 3. The number of hydrogen-bond donors (Lipinski definition) is 1. The highest BCUT2D eigenvalue weighted by atomic mass is 19.4. The van der Waals surface area contributed by atoms with Gasteiger partial charge in [-0.05, 0) is 25.5 Å². The maximum absolute atomic E-state index is 13.0. The van der Waals surface area contributed by atoms with Gasteiger partial charge in [0.25, 0.3) is 0 Å². The van der Waals surface area contributed by atoms with Gasteiger partial charge in [-0.25, -0.2) is 14.5 Å². The molecule has 166 valence electrons. The molecule has 1 saturated heterocycles. The van der Waals surface area contributed by atoms with Crippen molar-refractivity contribution in [3.8, 4) is 22.5 Å². The summed E-state index contributed by atoms with van der Waals surface area (Å²) in [5, 5.41) is 8.73. The lowest BCUT2D eigenvalue weighted by Crippen LogP contribution is -2.27. The highest BCUT2D eigenvalue weighted by Crippen LogP contribution is 2.38. The van der Waals surface area contributed by atoms with Crippen LogP contribution in [0, 0.1) is 6.92 Å². The zero-order valence-corrected chi connectivity index (χ0v) is 17.5. The molecule has 8 nitrogen and oxygen atoms in total. The first-order valence-corrected chi connectivity index (χ1v) is 10.1. The van der Waals surface area contributed by atoms with Crippen LogP contribution in [0.1, 0.15) is 17.8 Å². The van der Waals surface area contributed by atoms with Crippen LogP contribution in [-0.2, 0) is 13.2 Å². The van der Waals surface area contributed by atoms with Crippen LogP contribution in [0.15, 0.2) is 36.8 Å². The Balaban J connectivity index is 1.68. The Morgan fingerprint density at radius 1 is 1.12 bits per heavy atom. The van der Waals surface area contributed by atoms with Crippen LogP contribution in [0.5, 0.6) is 0 Å². The molecule has 32 heavy (non-hydrogen) atoms. The lowest BCUT2D eigenvalue weighted by Gasteiger charge is -2.18. The molecule has 3 aromatic heterocycles. The van der Waals surface area contributed by atoms with E-state index in [9.17, 15) is 13.2 Å². The van der Waals surface area contributed by atoms with E-state index in [1.54, 1.807) is 22.4 Å². The second-order valence-corrected chi connectivity index (χ2v) is 7.95. The zero-order valence-electron chi connectivity index (χ0n) is 17.5. The van der Waals surface area contributed by atoms with Gasteiger partial charge in [0.15, 0.2) is 5.82 Å². The Morgan fingerprint density at radius 3 is 2.53 bits per heavy atom. The van der Waals surface area contributed by atoms with Crippen LogP contribution >= 0.6 is 0 Å². The summed E-state index contributed by atoms with van der Waals surface area (Å²) in [6, 6.07) is 5.11. The largest absolute Gasteiger partial charge is 0.416 e. The average Bonchev–Trinajstić information content (AvgIpc) is 3.45. The number of nitrogens with zero attached hydrogens (tertiary/aromatic N) is 7. The number of benzene rings is 1. The van der Waals surface area contributed by atoms with Crippen LogP contribution in [0.3, 0.4) is 0 Å². The predicted molar refractivity (Wildman–Crippen MR) is 113 cm³/mol. The highest BCUT2D eigenvalue weighted by molar-refractivity contribution is 5.92. The van der Waals surface area contributed by atoms with Crippen LogP contribution < -0.4 is 10.6 Å². The number of nitrogens with two attached hydrogens (primary N) is 1. The molecule has 0 unspecified atom stereocenters. The minimum atomic E-state index is -4.40. The van der Waals surface area contributed by atoms with Gasteiger partial charge in [-0.2, -0.15) is 23.4 Å². The van der Waals surface area contributed by atoms with Gasteiger partial charge in [-0.15, -0.1) is 0 Å². The normalized spacial score (nSPS) is 16.9. The minimum Gasteiger partial charge on any atom is -0.353 e. The molecule has 4 heterocycles. The van der Waals surface area contributed by atoms with Gasteiger partial charge in [0, 0.05) is 37.3 Å². The third-order valence-corrected chi connectivity index (χ3v) is 5.78. The van der Waals surface area contributed by atoms with E-state index in [1.807, 2.05) is 6.92 Å². The smallest absolute Gasteiger partial charge is 0.353 e. The predicted octanol–water partition coefficient (Wildman–Crippen LogP) is 3.06. The average molecular weight is 442 g/mol. The Hall–Kier alpha value is -3.47. The lowest BCUT2D eigenvalue weighted by atomic mass is 10.0. The molecular formula is C21H21F3N8. The summed E-state index contributed by atoms with van der Waals surface area (Å²) in [6.45, 7) is 3.29. The maximum atomic E-state index is 13.0. The van der Waals surface area contributed by atoms with Crippen molar-refractivity contribution < 1.29 is 13.2 Å². The van der Waals surface area contributed by atoms with Gasteiger partial charge in [-0.1, -0.05) is 12.1 Å². The standard InChI is InChI=1S/C21H21F3N8/c1-12-29-17(19-20(26-11-28-32(12)19)31-8-7-15(25)10-31)16-9-27-30(2)18(16)13-3-5-14(6-4-13)21(22,23)24/h3-6,9,11,15H,7-8,10,25H2,1-2H3/t15-/m0/s1. The summed E-state index contributed by atoms with van der Waals surface area (Å²) in [5.74, 6) is 1.40. The topological polar surface area (TPSA) is 90.2 Å².